The number of rotatable bonds is 6. The number of fused-ring (bicyclic) bond motifs is 1. The number of aromatic nitrogens is 2. The molecule has 1 N–H and O–H groups in total. The van der Waals surface area contributed by atoms with Gasteiger partial charge in [-0.2, -0.15) is 0 Å². The zero-order chi connectivity index (χ0) is 23.3. The highest BCUT2D eigenvalue weighted by Gasteiger charge is 2.28. The van der Waals surface area contributed by atoms with Crippen LogP contribution in [0.3, 0.4) is 0 Å². The summed E-state index contributed by atoms with van der Waals surface area (Å²) in [5.74, 6) is 1.26. The van der Waals surface area contributed by atoms with E-state index in [0.717, 1.165) is 21.2 Å². The molecule has 0 unspecified atom stereocenters. The van der Waals surface area contributed by atoms with Crippen molar-refractivity contribution in [1.29, 1.82) is 0 Å². The maximum Gasteiger partial charge on any atom is 0.253 e. The van der Waals surface area contributed by atoms with Gasteiger partial charge >= 0.3 is 0 Å². The van der Waals surface area contributed by atoms with E-state index in [-0.39, 0.29) is 17.7 Å². The Kier molecular flexibility index (Phi) is 6.87. The molecule has 8 heteroatoms. The van der Waals surface area contributed by atoms with Crippen molar-refractivity contribution in [1.82, 2.24) is 14.9 Å². The number of benzene rings is 2. The third-order valence-electron chi connectivity index (χ3n) is 5.91. The van der Waals surface area contributed by atoms with Gasteiger partial charge < -0.3 is 10.2 Å². The van der Waals surface area contributed by atoms with E-state index in [1.807, 2.05) is 59.5 Å². The van der Waals surface area contributed by atoms with Crippen LogP contribution >= 0.6 is 23.1 Å². The van der Waals surface area contributed by atoms with E-state index in [9.17, 15) is 9.59 Å². The Morgan fingerprint density at radius 3 is 2.50 bits per heavy atom. The number of pyridine rings is 1. The van der Waals surface area contributed by atoms with Crippen molar-refractivity contribution in [2.45, 2.75) is 22.9 Å². The Morgan fingerprint density at radius 2 is 1.76 bits per heavy atom. The molecule has 1 fully saturated rings. The molecule has 34 heavy (non-hydrogen) atoms. The maximum atomic E-state index is 13.0. The molecule has 0 radical (unpaired) electrons. The van der Waals surface area contributed by atoms with Gasteiger partial charge in [0.1, 0.15) is 5.82 Å². The van der Waals surface area contributed by atoms with Gasteiger partial charge in [-0.15, -0.1) is 11.3 Å². The van der Waals surface area contributed by atoms with Gasteiger partial charge in [0.15, 0.2) is 4.34 Å². The van der Waals surface area contributed by atoms with E-state index >= 15 is 0 Å². The molecule has 1 saturated heterocycles. The summed E-state index contributed by atoms with van der Waals surface area (Å²) in [5.41, 5.74) is 2.88. The number of thiazole rings is 1. The summed E-state index contributed by atoms with van der Waals surface area (Å²) in [6.45, 7) is 1.16. The quantitative estimate of drug-likeness (QED) is 0.364. The highest BCUT2D eigenvalue weighted by Crippen LogP contribution is 2.31. The van der Waals surface area contributed by atoms with Crippen LogP contribution in [-0.2, 0) is 10.5 Å². The van der Waals surface area contributed by atoms with Crippen LogP contribution in [-0.4, -0.2) is 39.8 Å². The van der Waals surface area contributed by atoms with Crippen molar-refractivity contribution in [2.24, 2.45) is 5.92 Å². The molecule has 0 saturated carbocycles. The van der Waals surface area contributed by atoms with Crippen molar-refractivity contribution < 1.29 is 9.59 Å². The van der Waals surface area contributed by atoms with Crippen LogP contribution < -0.4 is 5.32 Å². The second-order valence-corrected chi connectivity index (χ2v) is 10.5. The van der Waals surface area contributed by atoms with Gasteiger partial charge in [0.25, 0.3) is 5.91 Å². The molecule has 1 aliphatic heterocycles. The first kappa shape index (κ1) is 22.6. The van der Waals surface area contributed by atoms with Crippen LogP contribution in [0, 0.1) is 5.92 Å². The molecule has 0 aliphatic carbocycles. The summed E-state index contributed by atoms with van der Waals surface area (Å²) in [6.07, 6.45) is 2.96. The molecule has 0 atom stereocenters. The van der Waals surface area contributed by atoms with E-state index in [1.165, 1.54) is 4.70 Å². The lowest BCUT2D eigenvalue weighted by molar-refractivity contribution is -0.121. The Bertz CT molecular complexity index is 1250. The van der Waals surface area contributed by atoms with Crippen LogP contribution in [0.5, 0.6) is 0 Å². The summed E-state index contributed by atoms with van der Waals surface area (Å²) in [7, 11) is 0. The smallest absolute Gasteiger partial charge is 0.253 e. The average molecular weight is 489 g/mol. The van der Waals surface area contributed by atoms with Crippen LogP contribution in [0.25, 0.3) is 10.2 Å². The lowest BCUT2D eigenvalue weighted by atomic mass is 9.95. The maximum absolute atomic E-state index is 13.0. The molecule has 2 aromatic heterocycles. The summed E-state index contributed by atoms with van der Waals surface area (Å²) >= 11 is 3.42. The van der Waals surface area contributed by atoms with Gasteiger partial charge in [-0.05, 0) is 54.8 Å². The highest BCUT2D eigenvalue weighted by atomic mass is 32.2. The van der Waals surface area contributed by atoms with E-state index < -0.39 is 0 Å². The summed E-state index contributed by atoms with van der Waals surface area (Å²) < 4.78 is 2.25. The van der Waals surface area contributed by atoms with E-state index in [0.29, 0.717) is 37.3 Å². The lowest BCUT2D eigenvalue weighted by Gasteiger charge is -2.31. The van der Waals surface area contributed by atoms with Gasteiger partial charge in [0.05, 0.1) is 10.2 Å². The molecule has 3 heterocycles. The summed E-state index contributed by atoms with van der Waals surface area (Å²) in [4.78, 5) is 36.1. The largest absolute Gasteiger partial charge is 0.339 e. The van der Waals surface area contributed by atoms with Crippen LogP contribution in [0.4, 0.5) is 5.82 Å². The first-order valence-corrected chi connectivity index (χ1v) is 13.0. The van der Waals surface area contributed by atoms with Crippen LogP contribution in [0.15, 0.2) is 77.3 Å². The number of thioether (sulfide) groups is 1. The lowest BCUT2D eigenvalue weighted by Crippen LogP contribution is -2.41. The van der Waals surface area contributed by atoms with Crippen LogP contribution in [0.2, 0.25) is 0 Å². The minimum absolute atomic E-state index is 0.0222. The molecule has 0 bridgehead atoms. The van der Waals surface area contributed by atoms with Crippen molar-refractivity contribution in [2.75, 3.05) is 18.4 Å². The Morgan fingerprint density at radius 1 is 1.00 bits per heavy atom. The summed E-state index contributed by atoms with van der Waals surface area (Å²) in [6, 6.07) is 21.4. The monoisotopic (exact) mass is 488 g/mol. The molecule has 0 spiro atoms. The third-order valence-corrected chi connectivity index (χ3v) is 8.16. The first-order valence-electron chi connectivity index (χ1n) is 11.2. The van der Waals surface area contributed by atoms with Gasteiger partial charge in [-0.1, -0.05) is 42.1 Å². The number of hydrogen-bond donors (Lipinski definition) is 1. The number of carbonyl (C=O) groups excluding carboxylic acids is 2. The second kappa shape index (κ2) is 10.4. The minimum atomic E-state index is -0.104. The molecule has 6 nitrogen and oxygen atoms in total. The summed E-state index contributed by atoms with van der Waals surface area (Å²) in [5, 5.41) is 2.87. The average Bonchev–Trinajstić information content (AvgIpc) is 3.31. The number of carbonyl (C=O) groups is 2. The number of piperidine rings is 1. The highest BCUT2D eigenvalue weighted by molar-refractivity contribution is 8.00. The Labute approximate surface area is 206 Å². The van der Waals surface area contributed by atoms with E-state index in [4.69, 9.17) is 0 Å². The number of hydrogen-bond acceptors (Lipinski definition) is 6. The van der Waals surface area contributed by atoms with Crippen molar-refractivity contribution in [3.05, 3.63) is 84.1 Å². The number of nitrogens with one attached hydrogen (secondary N) is 1. The molecule has 4 aromatic rings. The predicted molar refractivity (Wildman–Crippen MR) is 137 cm³/mol. The molecule has 172 valence electrons. The molecular formula is C26H24N4O2S2. The second-order valence-electron chi connectivity index (χ2n) is 8.20. The third kappa shape index (κ3) is 5.29. The Balaban J connectivity index is 1.12. The molecule has 5 rings (SSSR count). The number of amides is 2. The van der Waals surface area contributed by atoms with Crippen molar-refractivity contribution >= 4 is 50.9 Å². The number of likely N-dealkylation sites (tertiary alicyclic amines) is 1. The minimum Gasteiger partial charge on any atom is -0.339 e. The van der Waals surface area contributed by atoms with Crippen molar-refractivity contribution in [3.63, 3.8) is 0 Å². The zero-order valence-corrected chi connectivity index (χ0v) is 20.1. The molecule has 2 amide bonds. The van der Waals surface area contributed by atoms with Gasteiger partial charge in [0, 0.05) is 36.5 Å². The standard InChI is InChI=1S/C26H24N4O2S2/c31-24(29-23-7-3-4-14-27-23)19-12-15-30(16-13-19)25(32)20-10-8-18(9-11-20)17-33-26-28-21-5-1-2-6-22(21)34-26/h1-11,14,19H,12-13,15-17H2,(H,27,29,31). The zero-order valence-electron chi connectivity index (χ0n) is 18.5. The molecular weight excluding hydrogens is 464 g/mol. The molecule has 2 aromatic carbocycles. The van der Waals surface area contributed by atoms with Gasteiger partial charge in [-0.25, -0.2) is 9.97 Å². The van der Waals surface area contributed by atoms with Crippen LogP contribution in [0.1, 0.15) is 28.8 Å². The molecule has 1 aliphatic rings. The number of para-hydroxylation sites is 1. The fourth-order valence-electron chi connectivity index (χ4n) is 3.99. The Hall–Kier alpha value is -3.23. The number of anilines is 1. The SMILES string of the molecule is O=C(Nc1ccccn1)C1CCN(C(=O)c2ccc(CSc3nc4ccccc4s3)cc2)CC1. The topological polar surface area (TPSA) is 75.2 Å². The van der Waals surface area contributed by atoms with Crippen molar-refractivity contribution in [3.8, 4) is 0 Å². The fourth-order valence-corrected chi connectivity index (χ4v) is 6.02. The number of nitrogens with zero attached hydrogens (tertiary/aromatic N) is 3. The normalized spacial score (nSPS) is 14.3. The predicted octanol–water partition coefficient (Wildman–Crippen LogP) is 5.47. The van der Waals surface area contributed by atoms with Gasteiger partial charge in [-0.3, -0.25) is 9.59 Å². The van der Waals surface area contributed by atoms with Gasteiger partial charge in [0.2, 0.25) is 5.91 Å². The fraction of sp³-hybridized carbons (Fsp3) is 0.231. The van der Waals surface area contributed by atoms with E-state index in [2.05, 4.69) is 21.4 Å². The first-order chi connectivity index (χ1) is 16.7. The van der Waals surface area contributed by atoms with E-state index in [1.54, 1.807) is 35.4 Å².